The van der Waals surface area contributed by atoms with Gasteiger partial charge in [0.1, 0.15) is 16.3 Å². The summed E-state index contributed by atoms with van der Waals surface area (Å²) in [5, 5.41) is 16.9. The first-order chi connectivity index (χ1) is 22.3. The molecule has 47 heavy (non-hydrogen) atoms. The minimum Gasteiger partial charge on any atom is -0.490 e. The third-order valence-corrected chi connectivity index (χ3v) is 10.5. The van der Waals surface area contributed by atoms with Gasteiger partial charge in [-0.15, -0.1) is 0 Å². The van der Waals surface area contributed by atoms with Crippen molar-refractivity contribution in [3.8, 4) is 5.75 Å². The maximum absolute atomic E-state index is 14.3. The van der Waals surface area contributed by atoms with Gasteiger partial charge in [-0.2, -0.15) is 4.31 Å². The minimum atomic E-state index is -3.94. The number of fused-ring (bicyclic) bond motifs is 1. The van der Waals surface area contributed by atoms with E-state index < -0.39 is 28.1 Å². The summed E-state index contributed by atoms with van der Waals surface area (Å²) in [6.07, 6.45) is 1.41. The van der Waals surface area contributed by atoms with Crippen LogP contribution in [0.4, 0.5) is 5.69 Å². The third kappa shape index (κ3) is 8.78. The fraction of sp³-hybridized carbons (Fsp3) is 0.500. The average Bonchev–Trinajstić information content (AvgIpc) is 3.40. The van der Waals surface area contributed by atoms with Crippen molar-refractivity contribution in [3.05, 3.63) is 71.1 Å². The lowest BCUT2D eigenvalue weighted by molar-refractivity contribution is -0.00835. The molecule has 1 aromatic heterocycles. The Kier molecular flexibility index (Phi) is 12.2. The molecule has 0 radical (unpaired) electrons. The van der Waals surface area contributed by atoms with E-state index in [1.165, 1.54) is 11.4 Å². The second kappa shape index (κ2) is 15.9. The summed E-state index contributed by atoms with van der Waals surface area (Å²) in [4.78, 5) is 28.8. The van der Waals surface area contributed by atoms with Crippen molar-refractivity contribution in [2.45, 2.75) is 77.0 Å². The Morgan fingerprint density at radius 2 is 1.87 bits per heavy atom. The summed E-state index contributed by atoms with van der Waals surface area (Å²) in [5.41, 5.74) is 1.40. The molecule has 1 aliphatic heterocycles. The van der Waals surface area contributed by atoms with Crippen LogP contribution in [0.1, 0.15) is 72.2 Å². The van der Waals surface area contributed by atoms with Crippen molar-refractivity contribution in [2.24, 2.45) is 5.92 Å². The molecule has 0 spiro atoms. The molecule has 2 heterocycles. The number of amides is 2. The average molecular weight is 671 g/mol. The Morgan fingerprint density at radius 3 is 2.53 bits per heavy atom. The van der Waals surface area contributed by atoms with Crippen molar-refractivity contribution in [1.29, 1.82) is 0 Å². The van der Waals surface area contributed by atoms with E-state index in [0.29, 0.717) is 30.0 Å². The number of sulfonamides is 1. The first-order valence-electron chi connectivity index (χ1n) is 15.9. The van der Waals surface area contributed by atoms with E-state index >= 15 is 0 Å². The number of rotatable bonds is 8. The zero-order valence-electron chi connectivity index (χ0n) is 27.9. The lowest BCUT2D eigenvalue weighted by atomic mass is 10.0. The van der Waals surface area contributed by atoms with E-state index in [9.17, 15) is 23.1 Å². The number of nitrogens with one attached hydrogen (secondary N) is 1. The van der Waals surface area contributed by atoms with E-state index in [1.54, 1.807) is 68.1 Å². The molecule has 3 aromatic rings. The smallest absolute Gasteiger partial charge is 0.258 e. The van der Waals surface area contributed by atoms with Gasteiger partial charge >= 0.3 is 0 Å². The first-order valence-corrected chi connectivity index (χ1v) is 17.4. The number of carbonyl (C=O) groups excluding carboxylic acids is 2. The topological polar surface area (TPSA) is 152 Å². The number of anilines is 1. The summed E-state index contributed by atoms with van der Waals surface area (Å²) < 4.78 is 46.0. The van der Waals surface area contributed by atoms with Crippen LogP contribution in [0, 0.1) is 19.8 Å². The molecule has 2 amide bonds. The molecule has 1 aliphatic rings. The largest absolute Gasteiger partial charge is 0.490 e. The van der Waals surface area contributed by atoms with Gasteiger partial charge in [0.05, 0.1) is 30.4 Å². The quantitative estimate of drug-likeness (QED) is 0.349. The molecule has 2 N–H and O–H groups in total. The van der Waals surface area contributed by atoms with Crippen LogP contribution in [0.25, 0.3) is 0 Å². The maximum Gasteiger partial charge on any atom is 0.258 e. The minimum absolute atomic E-state index is 0.0227. The van der Waals surface area contributed by atoms with Gasteiger partial charge in [0.2, 0.25) is 10.0 Å². The van der Waals surface area contributed by atoms with E-state index in [-0.39, 0.29) is 59.5 Å². The third-order valence-electron chi connectivity index (χ3n) is 8.42. The number of aromatic nitrogens is 1. The van der Waals surface area contributed by atoms with Crippen LogP contribution in [0.3, 0.4) is 0 Å². The number of ether oxygens (including phenoxy) is 2. The molecule has 2 aromatic carbocycles. The van der Waals surface area contributed by atoms with Gasteiger partial charge in [-0.25, -0.2) is 8.42 Å². The lowest BCUT2D eigenvalue weighted by Crippen LogP contribution is -2.48. The fourth-order valence-electron chi connectivity index (χ4n) is 5.61. The zero-order chi connectivity index (χ0) is 34.3. The van der Waals surface area contributed by atoms with Crippen LogP contribution < -0.4 is 10.1 Å². The van der Waals surface area contributed by atoms with Crippen LogP contribution in [-0.2, 0) is 14.8 Å². The summed E-state index contributed by atoms with van der Waals surface area (Å²) >= 11 is 0. The number of aryl methyl sites for hydroxylation is 2. The molecule has 0 saturated heterocycles. The number of aliphatic hydroxyl groups is 1. The molecule has 0 aliphatic carbocycles. The van der Waals surface area contributed by atoms with Gasteiger partial charge in [0.15, 0.2) is 5.76 Å². The standard InChI is InChI=1S/C34H46N4O8S/c1-22-19-38(23(2)21-39)34(41)29-18-28(35-33(40)27-13-8-7-9-14-27)15-16-30(29)45-24(3)12-10-11-17-44-31(22)20-37(6)47(42,43)32-25(4)36-46-26(32)5/h7-9,13-16,18,22-24,31,39H,10-12,17,19-21H2,1-6H3,(H,35,40)/t22-,23+,24-,31-/m0/s1. The Hall–Kier alpha value is -3.78. The van der Waals surface area contributed by atoms with Crippen LogP contribution >= 0.6 is 0 Å². The summed E-state index contributed by atoms with van der Waals surface area (Å²) in [6, 6.07) is 13.2. The van der Waals surface area contributed by atoms with E-state index in [2.05, 4.69) is 10.5 Å². The van der Waals surface area contributed by atoms with Crippen LogP contribution in [0.15, 0.2) is 57.9 Å². The lowest BCUT2D eigenvalue weighted by Gasteiger charge is -2.35. The van der Waals surface area contributed by atoms with Crippen LogP contribution in [0.2, 0.25) is 0 Å². The van der Waals surface area contributed by atoms with Crippen LogP contribution in [-0.4, -0.2) is 91.3 Å². The highest BCUT2D eigenvalue weighted by Gasteiger charge is 2.34. The number of benzene rings is 2. The highest BCUT2D eigenvalue weighted by atomic mass is 32.2. The van der Waals surface area contributed by atoms with Crippen LogP contribution in [0.5, 0.6) is 5.75 Å². The molecule has 4 atom stereocenters. The normalized spacial score (nSPS) is 20.6. The maximum atomic E-state index is 14.3. The summed E-state index contributed by atoms with van der Waals surface area (Å²) in [7, 11) is -2.45. The summed E-state index contributed by atoms with van der Waals surface area (Å²) in [5.74, 6) is -0.486. The number of hydrogen-bond donors (Lipinski definition) is 2. The molecular weight excluding hydrogens is 624 g/mol. The molecule has 0 unspecified atom stereocenters. The van der Waals surface area contributed by atoms with Gasteiger partial charge in [-0.1, -0.05) is 30.3 Å². The fourth-order valence-corrected chi connectivity index (χ4v) is 7.07. The van der Waals surface area contributed by atoms with Crippen molar-refractivity contribution in [2.75, 3.05) is 38.7 Å². The van der Waals surface area contributed by atoms with E-state index in [0.717, 1.165) is 12.8 Å². The van der Waals surface area contributed by atoms with E-state index in [4.69, 9.17) is 14.0 Å². The number of carbonyl (C=O) groups is 2. The Bertz CT molecular complexity index is 1610. The van der Waals surface area contributed by atoms with Gasteiger partial charge in [0.25, 0.3) is 11.8 Å². The van der Waals surface area contributed by atoms with Crippen molar-refractivity contribution in [3.63, 3.8) is 0 Å². The summed E-state index contributed by atoms with van der Waals surface area (Å²) in [6.45, 7) is 8.97. The second-order valence-electron chi connectivity index (χ2n) is 12.3. The van der Waals surface area contributed by atoms with Gasteiger partial charge in [0, 0.05) is 43.9 Å². The second-order valence-corrected chi connectivity index (χ2v) is 14.3. The Balaban J connectivity index is 1.66. The number of nitrogens with zero attached hydrogens (tertiary/aromatic N) is 3. The Morgan fingerprint density at radius 1 is 1.15 bits per heavy atom. The number of hydrogen-bond acceptors (Lipinski definition) is 9. The molecule has 4 rings (SSSR count). The van der Waals surface area contributed by atoms with Crippen molar-refractivity contribution in [1.82, 2.24) is 14.4 Å². The molecule has 0 saturated carbocycles. The first kappa shape index (κ1) is 36.1. The SMILES string of the molecule is Cc1noc(C)c1S(=O)(=O)N(C)C[C@@H]1OCCCC[C@H](C)Oc2ccc(NC(=O)c3ccccc3)cc2C(=O)N([C@H](C)CO)C[C@@H]1C. The van der Waals surface area contributed by atoms with E-state index in [1.807, 2.05) is 19.9 Å². The van der Waals surface area contributed by atoms with Crippen molar-refractivity contribution >= 4 is 27.5 Å². The van der Waals surface area contributed by atoms with Crippen molar-refractivity contribution < 1.29 is 37.1 Å². The molecule has 0 bridgehead atoms. The molecular formula is C34H46N4O8S. The molecule has 12 nitrogen and oxygen atoms in total. The number of likely N-dealkylation sites (N-methyl/N-ethyl adjacent to an activating group) is 1. The molecule has 0 fully saturated rings. The molecule has 13 heteroatoms. The van der Waals surface area contributed by atoms with Gasteiger partial charge in [-0.3, -0.25) is 9.59 Å². The highest BCUT2D eigenvalue weighted by molar-refractivity contribution is 7.89. The number of aliphatic hydroxyl groups excluding tert-OH is 1. The molecule has 256 valence electrons. The predicted molar refractivity (Wildman–Crippen MR) is 177 cm³/mol. The highest BCUT2D eigenvalue weighted by Crippen LogP contribution is 2.29. The monoisotopic (exact) mass is 670 g/mol. The van der Waals surface area contributed by atoms with Gasteiger partial charge < -0.3 is 29.3 Å². The zero-order valence-corrected chi connectivity index (χ0v) is 28.7. The predicted octanol–water partition coefficient (Wildman–Crippen LogP) is 4.66. The van der Waals surface area contributed by atoms with Gasteiger partial charge in [-0.05, 0) is 77.3 Å². The Labute approximate surface area is 277 Å².